The van der Waals surface area contributed by atoms with Gasteiger partial charge < -0.3 is 35.6 Å². The molecule has 1 aromatic carbocycles. The number of aliphatic hydroxyl groups excluding tert-OH is 3. The van der Waals surface area contributed by atoms with Crippen molar-refractivity contribution in [1.29, 1.82) is 0 Å². The van der Waals surface area contributed by atoms with Crippen LogP contribution in [0.1, 0.15) is 5.56 Å². The smallest absolute Gasteiger partial charge is 0.161 e. The second kappa shape index (κ2) is 7.04. The maximum absolute atomic E-state index is 10.3. The summed E-state index contributed by atoms with van der Waals surface area (Å²) in [6, 6.07) is 9.91. The summed E-state index contributed by atoms with van der Waals surface area (Å²) in [6.45, 7) is 0.558. The average Bonchev–Trinajstić information content (AvgIpc) is 3.23. The van der Waals surface area contributed by atoms with E-state index in [0.717, 1.165) is 5.56 Å². The number of aliphatic hydroxyl groups is 3. The summed E-state index contributed by atoms with van der Waals surface area (Å²) in [5, 5.41) is 36.1. The Labute approximate surface area is 150 Å². The molecule has 26 heavy (non-hydrogen) atoms. The number of nitrogens with zero attached hydrogens (tertiary/aromatic N) is 3. The van der Waals surface area contributed by atoms with Gasteiger partial charge >= 0.3 is 0 Å². The van der Waals surface area contributed by atoms with E-state index in [1.165, 1.54) is 6.33 Å². The van der Waals surface area contributed by atoms with Crippen molar-refractivity contribution >= 4 is 17.3 Å². The third-order valence-corrected chi connectivity index (χ3v) is 4.65. The third kappa shape index (κ3) is 2.95. The Bertz CT molecular complexity index is 762. The normalized spacial score (nSPS) is 27.3. The molecule has 4 rings (SSSR count). The summed E-state index contributed by atoms with van der Waals surface area (Å²) in [5.74, 6) is 1.22. The van der Waals surface area contributed by atoms with Gasteiger partial charge in [0.2, 0.25) is 0 Å². The van der Waals surface area contributed by atoms with E-state index >= 15 is 0 Å². The molecule has 1 saturated heterocycles. The second-order valence-corrected chi connectivity index (χ2v) is 6.29. The van der Waals surface area contributed by atoms with Crippen LogP contribution in [0.2, 0.25) is 0 Å². The average molecular weight is 359 g/mol. The quantitative estimate of drug-likeness (QED) is 0.490. The van der Waals surface area contributed by atoms with Crippen LogP contribution in [0, 0.1) is 0 Å². The van der Waals surface area contributed by atoms with Crippen molar-refractivity contribution in [2.24, 2.45) is 0 Å². The van der Waals surface area contributed by atoms with E-state index in [-0.39, 0.29) is 6.61 Å². The molecule has 0 saturated carbocycles. The molecule has 2 aliphatic rings. The van der Waals surface area contributed by atoms with E-state index in [0.29, 0.717) is 30.5 Å². The van der Waals surface area contributed by atoms with Crippen LogP contribution in [-0.2, 0) is 11.3 Å². The SMILES string of the molecule is OC[C@H]1O[C@@H](N2CNc3ncnc(NCc4ccccc4)c32)[C@H](O)[C@@H]1O. The molecule has 0 aliphatic carbocycles. The summed E-state index contributed by atoms with van der Waals surface area (Å²) in [4.78, 5) is 10.3. The van der Waals surface area contributed by atoms with Crippen molar-refractivity contribution in [2.75, 3.05) is 28.8 Å². The molecule has 9 heteroatoms. The topological polar surface area (TPSA) is 123 Å². The van der Waals surface area contributed by atoms with Crippen LogP contribution in [-0.4, -0.2) is 63.1 Å². The molecule has 3 heterocycles. The highest BCUT2D eigenvalue weighted by Gasteiger charge is 2.47. The zero-order valence-corrected chi connectivity index (χ0v) is 14.0. The highest BCUT2D eigenvalue weighted by Crippen LogP contribution is 2.39. The van der Waals surface area contributed by atoms with Crippen molar-refractivity contribution in [3.63, 3.8) is 0 Å². The molecule has 138 valence electrons. The lowest BCUT2D eigenvalue weighted by molar-refractivity contribution is -0.0218. The number of anilines is 3. The molecular formula is C17H21N5O4. The molecule has 2 aromatic rings. The Morgan fingerprint density at radius 2 is 2.00 bits per heavy atom. The number of hydrogen-bond acceptors (Lipinski definition) is 9. The molecule has 0 radical (unpaired) electrons. The number of nitrogens with one attached hydrogen (secondary N) is 2. The van der Waals surface area contributed by atoms with Gasteiger partial charge in [0.1, 0.15) is 30.3 Å². The molecule has 1 aromatic heterocycles. The number of benzene rings is 1. The van der Waals surface area contributed by atoms with E-state index in [1.807, 2.05) is 30.3 Å². The van der Waals surface area contributed by atoms with Crippen LogP contribution in [0.15, 0.2) is 36.7 Å². The Morgan fingerprint density at radius 3 is 2.73 bits per heavy atom. The standard InChI is InChI=1S/C17H21N5O4/c23-7-11-13(24)14(25)17(26-11)22-9-21-16-12(22)15(19-8-20-16)18-6-10-4-2-1-3-5-10/h1-5,8,11,13-14,17,23-25H,6-7,9H2,(H2,18,19,20,21)/t11-,13-,14-,17-/m1/s1. The van der Waals surface area contributed by atoms with Gasteiger partial charge in [0.05, 0.1) is 13.3 Å². The Balaban J connectivity index is 1.58. The van der Waals surface area contributed by atoms with Gasteiger partial charge in [-0.3, -0.25) is 0 Å². The fourth-order valence-electron chi connectivity index (χ4n) is 3.29. The van der Waals surface area contributed by atoms with Crippen molar-refractivity contribution in [2.45, 2.75) is 31.1 Å². The summed E-state index contributed by atoms with van der Waals surface area (Å²) in [5.41, 5.74) is 1.77. The Morgan fingerprint density at radius 1 is 1.19 bits per heavy atom. The van der Waals surface area contributed by atoms with Gasteiger partial charge in [0.25, 0.3) is 0 Å². The molecule has 4 atom stereocenters. The van der Waals surface area contributed by atoms with Crippen molar-refractivity contribution in [3.8, 4) is 0 Å². The van der Waals surface area contributed by atoms with Gasteiger partial charge in [-0.15, -0.1) is 0 Å². The number of aromatic nitrogens is 2. The monoisotopic (exact) mass is 359 g/mol. The first-order valence-electron chi connectivity index (χ1n) is 8.45. The second-order valence-electron chi connectivity index (χ2n) is 6.29. The number of hydrogen-bond donors (Lipinski definition) is 5. The van der Waals surface area contributed by atoms with Gasteiger partial charge in [-0.25, -0.2) is 9.97 Å². The molecule has 0 bridgehead atoms. The van der Waals surface area contributed by atoms with Crippen LogP contribution in [0.3, 0.4) is 0 Å². The largest absolute Gasteiger partial charge is 0.394 e. The first-order valence-corrected chi connectivity index (χ1v) is 8.45. The first-order chi connectivity index (χ1) is 12.7. The van der Waals surface area contributed by atoms with Crippen molar-refractivity contribution in [1.82, 2.24) is 9.97 Å². The molecule has 2 aliphatic heterocycles. The summed E-state index contributed by atoms with van der Waals surface area (Å²) < 4.78 is 5.65. The Kier molecular flexibility index (Phi) is 4.60. The van der Waals surface area contributed by atoms with Gasteiger partial charge in [-0.1, -0.05) is 30.3 Å². The van der Waals surface area contributed by atoms with Crippen molar-refractivity contribution in [3.05, 3.63) is 42.2 Å². The maximum Gasteiger partial charge on any atom is 0.161 e. The molecule has 5 N–H and O–H groups in total. The zero-order valence-electron chi connectivity index (χ0n) is 14.0. The van der Waals surface area contributed by atoms with Gasteiger partial charge in [-0.2, -0.15) is 0 Å². The molecule has 0 amide bonds. The minimum atomic E-state index is -1.15. The van der Waals surface area contributed by atoms with Crippen LogP contribution in [0.25, 0.3) is 0 Å². The fourth-order valence-corrected chi connectivity index (χ4v) is 3.29. The zero-order chi connectivity index (χ0) is 18.1. The van der Waals surface area contributed by atoms with Crippen LogP contribution >= 0.6 is 0 Å². The van der Waals surface area contributed by atoms with E-state index in [4.69, 9.17) is 4.74 Å². The highest BCUT2D eigenvalue weighted by molar-refractivity contribution is 5.81. The third-order valence-electron chi connectivity index (χ3n) is 4.65. The molecule has 1 fully saturated rings. The molecule has 9 nitrogen and oxygen atoms in total. The van der Waals surface area contributed by atoms with Crippen LogP contribution in [0.4, 0.5) is 17.3 Å². The number of ether oxygens (including phenoxy) is 1. The minimum absolute atomic E-state index is 0.348. The van der Waals surface area contributed by atoms with Crippen LogP contribution < -0.4 is 15.5 Å². The minimum Gasteiger partial charge on any atom is -0.394 e. The van der Waals surface area contributed by atoms with E-state index in [9.17, 15) is 15.3 Å². The first kappa shape index (κ1) is 17.0. The van der Waals surface area contributed by atoms with E-state index in [2.05, 4.69) is 20.6 Å². The predicted octanol–water partition coefficient (Wildman–Crippen LogP) is -0.283. The molecule has 0 spiro atoms. The summed E-state index contributed by atoms with van der Waals surface area (Å²) in [7, 11) is 0. The highest BCUT2D eigenvalue weighted by atomic mass is 16.6. The Hall–Kier alpha value is -2.46. The molecule has 0 unspecified atom stereocenters. The van der Waals surface area contributed by atoms with Gasteiger partial charge in [0.15, 0.2) is 17.9 Å². The van der Waals surface area contributed by atoms with Gasteiger partial charge in [-0.05, 0) is 5.56 Å². The van der Waals surface area contributed by atoms with Crippen molar-refractivity contribution < 1.29 is 20.1 Å². The lowest BCUT2D eigenvalue weighted by Crippen LogP contribution is -2.44. The van der Waals surface area contributed by atoms with Crippen LogP contribution in [0.5, 0.6) is 0 Å². The summed E-state index contributed by atoms with van der Waals surface area (Å²) >= 11 is 0. The predicted molar refractivity (Wildman–Crippen MR) is 94.5 cm³/mol. The lowest BCUT2D eigenvalue weighted by atomic mass is 10.1. The maximum atomic E-state index is 10.3. The number of fused-ring (bicyclic) bond motifs is 1. The van der Waals surface area contributed by atoms with Gasteiger partial charge in [0, 0.05) is 6.54 Å². The fraction of sp³-hybridized carbons (Fsp3) is 0.412. The summed E-state index contributed by atoms with van der Waals surface area (Å²) in [6.07, 6.45) is -2.48. The molecular weight excluding hydrogens is 338 g/mol. The lowest BCUT2D eigenvalue weighted by Gasteiger charge is -2.28. The van der Waals surface area contributed by atoms with E-state index in [1.54, 1.807) is 4.90 Å². The number of rotatable bonds is 5. The van der Waals surface area contributed by atoms with E-state index < -0.39 is 24.5 Å².